The monoisotopic (exact) mass is 856 g/mol. The Kier molecular flexibility index (Phi) is 8.10. The molecule has 2 nitrogen and oxygen atoms in total. The van der Waals surface area contributed by atoms with E-state index in [1.54, 1.807) is 0 Å². The van der Waals surface area contributed by atoms with E-state index in [2.05, 4.69) is 252 Å². The minimum absolute atomic E-state index is 0.396. The largest absolute Gasteiger partial charge is 0.310 e. The zero-order valence-electron chi connectivity index (χ0n) is 35.9. The van der Waals surface area contributed by atoms with Crippen LogP contribution < -0.4 is 4.90 Å². The van der Waals surface area contributed by atoms with Gasteiger partial charge < -0.3 is 9.47 Å². The summed E-state index contributed by atoms with van der Waals surface area (Å²) in [5.74, 6) is 0. The summed E-state index contributed by atoms with van der Waals surface area (Å²) in [4.78, 5) is 2.41. The molecular weight excluding hydrogens is 817 g/mol. The van der Waals surface area contributed by atoms with Gasteiger partial charge in [-0.3, -0.25) is 0 Å². The Morgan fingerprint density at radius 1 is 0.364 bits per heavy atom. The maximum absolute atomic E-state index is 2.44. The van der Waals surface area contributed by atoms with Gasteiger partial charge in [0.15, 0.2) is 0 Å². The van der Waals surface area contributed by atoms with Gasteiger partial charge >= 0.3 is 0 Å². The van der Waals surface area contributed by atoms with Crippen LogP contribution in [-0.2, 0) is 5.41 Å². The van der Waals surface area contributed by atoms with Crippen molar-refractivity contribution in [2.24, 2.45) is 0 Å². The van der Waals surface area contributed by atoms with Crippen molar-refractivity contribution in [1.29, 1.82) is 0 Å². The van der Waals surface area contributed by atoms with E-state index in [1.807, 2.05) is 11.3 Å². The number of thiophene rings is 1. The molecule has 0 N–H and O–H groups in total. The fraction of sp³-hybridized carbons (Fsp3) is 0.0159. The first-order chi connectivity index (χ1) is 32.8. The third-order valence-electron chi connectivity index (χ3n) is 14.2. The second kappa shape index (κ2) is 14.4. The maximum atomic E-state index is 2.44. The topological polar surface area (TPSA) is 8.17 Å². The van der Waals surface area contributed by atoms with E-state index in [4.69, 9.17) is 0 Å². The Bertz CT molecular complexity index is 3850. The molecule has 0 saturated heterocycles. The SMILES string of the molecule is c1ccc(N(c2cccc(-c3ccccc3-c3cccc4c3-c3ccccc3C43c4ccccc4-c4ccccc43)c2)c2ccc3c(c2)sc2c4ccccc4n(-c4ccccc4)c32)cc1. The van der Waals surface area contributed by atoms with E-state index in [0.717, 1.165) is 17.1 Å². The molecule has 0 amide bonds. The fourth-order valence-electron chi connectivity index (χ4n) is 11.6. The van der Waals surface area contributed by atoms with E-state index < -0.39 is 5.41 Å². The second-order valence-electron chi connectivity index (χ2n) is 17.5. The summed E-state index contributed by atoms with van der Waals surface area (Å²) in [5.41, 5.74) is 22.2. The minimum Gasteiger partial charge on any atom is -0.310 e. The van der Waals surface area contributed by atoms with Gasteiger partial charge in [0.2, 0.25) is 0 Å². The number of nitrogens with zero attached hydrogens (tertiary/aromatic N) is 2. The Hall–Kier alpha value is -8.24. The van der Waals surface area contributed by atoms with Crippen LogP contribution >= 0.6 is 11.3 Å². The zero-order chi connectivity index (χ0) is 43.3. The molecule has 66 heavy (non-hydrogen) atoms. The summed E-state index contributed by atoms with van der Waals surface area (Å²) in [5, 5.41) is 2.55. The van der Waals surface area contributed by atoms with Crippen LogP contribution in [0.25, 0.3) is 81.4 Å². The van der Waals surface area contributed by atoms with Crippen LogP contribution in [0.5, 0.6) is 0 Å². The van der Waals surface area contributed by atoms with Gasteiger partial charge in [-0.25, -0.2) is 0 Å². The van der Waals surface area contributed by atoms with Gasteiger partial charge in [-0.1, -0.05) is 182 Å². The molecule has 14 rings (SSSR count). The zero-order valence-corrected chi connectivity index (χ0v) is 36.7. The Morgan fingerprint density at radius 3 is 1.67 bits per heavy atom. The molecule has 2 aliphatic carbocycles. The lowest BCUT2D eigenvalue weighted by atomic mass is 9.70. The predicted octanol–water partition coefficient (Wildman–Crippen LogP) is 17.1. The van der Waals surface area contributed by atoms with Crippen LogP contribution in [0, 0.1) is 0 Å². The van der Waals surface area contributed by atoms with Crippen LogP contribution in [0.1, 0.15) is 22.3 Å². The highest BCUT2D eigenvalue weighted by molar-refractivity contribution is 7.26. The molecular formula is C63H40N2S. The molecule has 0 aliphatic heterocycles. The van der Waals surface area contributed by atoms with Crippen molar-refractivity contribution < 1.29 is 0 Å². The number of fused-ring (bicyclic) bond motifs is 15. The van der Waals surface area contributed by atoms with E-state index in [0.29, 0.717) is 0 Å². The lowest BCUT2D eigenvalue weighted by molar-refractivity contribution is 0.794. The minimum atomic E-state index is -0.396. The Balaban J connectivity index is 0.932. The average molecular weight is 857 g/mol. The molecule has 0 atom stereocenters. The predicted molar refractivity (Wildman–Crippen MR) is 278 cm³/mol. The molecule has 0 bridgehead atoms. The van der Waals surface area contributed by atoms with Crippen molar-refractivity contribution in [1.82, 2.24) is 4.57 Å². The highest BCUT2D eigenvalue weighted by Gasteiger charge is 2.52. The third kappa shape index (κ3) is 5.17. The Labute approximate surface area is 387 Å². The van der Waals surface area contributed by atoms with Gasteiger partial charge in [-0.05, 0) is 127 Å². The van der Waals surface area contributed by atoms with E-state index in [1.165, 1.54) is 104 Å². The first-order valence-electron chi connectivity index (χ1n) is 22.8. The molecule has 0 saturated carbocycles. The maximum Gasteiger partial charge on any atom is 0.0727 e. The lowest BCUT2D eigenvalue weighted by Gasteiger charge is -2.30. The summed E-state index contributed by atoms with van der Waals surface area (Å²) in [7, 11) is 0. The van der Waals surface area contributed by atoms with Gasteiger partial charge in [0, 0.05) is 38.2 Å². The number of para-hydroxylation sites is 3. The van der Waals surface area contributed by atoms with Gasteiger partial charge in [0.25, 0.3) is 0 Å². The summed E-state index contributed by atoms with van der Waals surface area (Å²) < 4.78 is 5.01. The quantitative estimate of drug-likeness (QED) is 0.162. The van der Waals surface area contributed by atoms with E-state index in [9.17, 15) is 0 Å². The van der Waals surface area contributed by atoms with Crippen molar-refractivity contribution in [3.05, 3.63) is 265 Å². The highest BCUT2D eigenvalue weighted by Crippen LogP contribution is 2.64. The number of benzene rings is 10. The molecule has 12 aromatic rings. The molecule has 3 heteroatoms. The Morgan fingerprint density at radius 2 is 0.909 bits per heavy atom. The molecule has 2 aliphatic rings. The van der Waals surface area contributed by atoms with Crippen LogP contribution in [0.2, 0.25) is 0 Å². The highest BCUT2D eigenvalue weighted by atomic mass is 32.1. The fourth-order valence-corrected chi connectivity index (χ4v) is 12.9. The summed E-state index contributed by atoms with van der Waals surface area (Å²) >= 11 is 1.88. The standard InChI is InChI=1S/C63H40N2S/c1-3-20-42(21-4-1)64(45-37-38-53-59(40-45)66-62-52-30-12-16-36-58(52)65(61(53)62)43-22-5-2-6-23-43)44-24-17-19-41(39-44)46-25-7-8-26-47(46)50-31-18-35-57-60(50)51-29-11-15-34-56(51)63(57)54-32-13-9-27-48(54)49-28-10-14-33-55(49)63/h1-40H. The van der Waals surface area contributed by atoms with Gasteiger partial charge in [-0.15, -0.1) is 11.3 Å². The van der Waals surface area contributed by atoms with Crippen molar-refractivity contribution in [2.75, 3.05) is 4.90 Å². The first-order valence-corrected chi connectivity index (χ1v) is 23.6. The number of rotatable bonds is 6. The number of aromatic nitrogens is 1. The van der Waals surface area contributed by atoms with Crippen molar-refractivity contribution >= 4 is 59.6 Å². The van der Waals surface area contributed by atoms with Crippen molar-refractivity contribution in [3.8, 4) is 50.2 Å². The van der Waals surface area contributed by atoms with E-state index in [-0.39, 0.29) is 0 Å². The van der Waals surface area contributed by atoms with Crippen LogP contribution in [0.4, 0.5) is 17.1 Å². The van der Waals surface area contributed by atoms with E-state index >= 15 is 0 Å². The van der Waals surface area contributed by atoms with Crippen LogP contribution in [0.3, 0.4) is 0 Å². The smallest absolute Gasteiger partial charge is 0.0727 e. The summed E-state index contributed by atoms with van der Waals surface area (Å²) in [6, 6.07) is 89.7. The van der Waals surface area contributed by atoms with Crippen LogP contribution in [0.15, 0.2) is 243 Å². The molecule has 0 unspecified atom stereocenters. The summed E-state index contributed by atoms with van der Waals surface area (Å²) in [6.07, 6.45) is 0. The van der Waals surface area contributed by atoms with Gasteiger partial charge in [0.05, 0.1) is 21.1 Å². The third-order valence-corrected chi connectivity index (χ3v) is 15.4. The molecule has 10 aromatic carbocycles. The molecule has 1 spiro atoms. The number of anilines is 3. The second-order valence-corrected chi connectivity index (χ2v) is 18.6. The number of hydrogen-bond donors (Lipinski definition) is 0. The molecule has 0 radical (unpaired) electrons. The average Bonchev–Trinajstić information content (AvgIpc) is 4.10. The van der Waals surface area contributed by atoms with Gasteiger partial charge in [0.1, 0.15) is 0 Å². The van der Waals surface area contributed by atoms with Crippen molar-refractivity contribution in [2.45, 2.75) is 5.41 Å². The van der Waals surface area contributed by atoms with Gasteiger partial charge in [-0.2, -0.15) is 0 Å². The molecule has 0 fully saturated rings. The molecule has 308 valence electrons. The van der Waals surface area contributed by atoms with Crippen LogP contribution in [-0.4, -0.2) is 4.57 Å². The summed E-state index contributed by atoms with van der Waals surface area (Å²) in [6.45, 7) is 0. The normalized spacial score (nSPS) is 13.0. The molecule has 2 aromatic heterocycles. The number of hydrogen-bond acceptors (Lipinski definition) is 2. The van der Waals surface area contributed by atoms with Crippen molar-refractivity contribution in [3.63, 3.8) is 0 Å². The molecule has 2 heterocycles. The lowest BCUT2D eigenvalue weighted by Crippen LogP contribution is -2.25. The first kappa shape index (κ1) is 37.2.